The number of nitrogens with zero attached hydrogens (tertiary/aromatic N) is 1. The molecule has 0 aliphatic heterocycles. The maximum absolute atomic E-state index is 11.4. The van der Waals surface area contributed by atoms with Crippen molar-refractivity contribution in [3.63, 3.8) is 0 Å². The molecule has 1 heterocycles. The molecule has 0 aromatic carbocycles. The van der Waals surface area contributed by atoms with Gasteiger partial charge in [0.1, 0.15) is 5.76 Å². The average Bonchev–Trinajstić information content (AvgIpc) is 2.57. The Hall–Kier alpha value is -1.52. The lowest BCUT2D eigenvalue weighted by atomic mass is 9.97. The summed E-state index contributed by atoms with van der Waals surface area (Å²) in [5, 5.41) is 5.46. The molecule has 5 heteroatoms. The highest BCUT2D eigenvalue weighted by Gasteiger charge is 2.11. The van der Waals surface area contributed by atoms with E-state index in [1.165, 1.54) is 0 Å². The normalized spacial score (nSPS) is 11.2. The van der Waals surface area contributed by atoms with Gasteiger partial charge in [0, 0.05) is 6.54 Å². The number of hydrogen-bond donors (Lipinski definition) is 2. The molecule has 0 unspecified atom stereocenters. The number of nitrogens with one attached hydrogen (secondary N) is 2. The number of rotatable bonds is 3. The summed E-state index contributed by atoms with van der Waals surface area (Å²) in [5.74, 6) is 1.26. The van der Waals surface area contributed by atoms with Gasteiger partial charge < -0.3 is 15.1 Å². The number of oxazole rings is 1. The van der Waals surface area contributed by atoms with Crippen LogP contribution >= 0.6 is 0 Å². The first-order valence-electron chi connectivity index (χ1n) is 5.30. The Morgan fingerprint density at radius 3 is 2.62 bits per heavy atom. The molecule has 0 aliphatic carbocycles. The van der Waals surface area contributed by atoms with Crippen molar-refractivity contribution in [2.75, 3.05) is 6.54 Å². The second-order valence-corrected chi connectivity index (χ2v) is 4.96. The maximum atomic E-state index is 11.4. The van der Waals surface area contributed by atoms with Crippen LogP contribution in [-0.4, -0.2) is 17.6 Å². The number of amides is 2. The fourth-order valence-electron chi connectivity index (χ4n) is 1.05. The molecule has 0 radical (unpaired) electrons. The molecule has 16 heavy (non-hydrogen) atoms. The summed E-state index contributed by atoms with van der Waals surface area (Å²) < 4.78 is 5.23. The van der Waals surface area contributed by atoms with Crippen molar-refractivity contribution < 1.29 is 9.21 Å². The molecule has 90 valence electrons. The summed E-state index contributed by atoms with van der Waals surface area (Å²) in [7, 11) is 0. The Balaban J connectivity index is 2.25. The van der Waals surface area contributed by atoms with Gasteiger partial charge in [0.15, 0.2) is 0 Å². The number of aryl methyl sites for hydroxylation is 1. The van der Waals surface area contributed by atoms with Crippen LogP contribution in [0, 0.1) is 12.3 Å². The average molecular weight is 225 g/mol. The molecule has 0 atom stereocenters. The van der Waals surface area contributed by atoms with Crippen LogP contribution in [-0.2, 0) is 6.54 Å². The van der Waals surface area contributed by atoms with Crippen LogP contribution < -0.4 is 10.6 Å². The third-order valence-electron chi connectivity index (χ3n) is 1.85. The van der Waals surface area contributed by atoms with Crippen LogP contribution in [0.3, 0.4) is 0 Å². The van der Waals surface area contributed by atoms with Gasteiger partial charge in [-0.3, -0.25) is 0 Å². The van der Waals surface area contributed by atoms with E-state index in [0.29, 0.717) is 19.0 Å². The monoisotopic (exact) mass is 225 g/mol. The summed E-state index contributed by atoms with van der Waals surface area (Å²) in [6.07, 6.45) is 1.63. The molecule has 0 saturated heterocycles. The van der Waals surface area contributed by atoms with Crippen LogP contribution in [0.2, 0.25) is 0 Å². The second-order valence-electron chi connectivity index (χ2n) is 4.96. The van der Waals surface area contributed by atoms with Crippen molar-refractivity contribution in [1.82, 2.24) is 15.6 Å². The number of aromatic nitrogens is 1. The number of carbonyl (C=O) groups excluding carboxylic acids is 1. The lowest BCUT2D eigenvalue weighted by Crippen LogP contribution is -2.39. The predicted octanol–water partition coefficient (Wildman–Crippen LogP) is 1.83. The molecule has 5 nitrogen and oxygen atoms in total. The minimum Gasteiger partial charge on any atom is -0.444 e. The highest BCUT2D eigenvalue weighted by molar-refractivity contribution is 5.73. The van der Waals surface area contributed by atoms with E-state index in [1.807, 2.05) is 6.92 Å². The van der Waals surface area contributed by atoms with Gasteiger partial charge in [0.2, 0.25) is 5.89 Å². The van der Waals surface area contributed by atoms with E-state index in [9.17, 15) is 4.79 Å². The summed E-state index contributed by atoms with van der Waals surface area (Å²) in [6.45, 7) is 8.93. The fraction of sp³-hybridized carbons (Fsp3) is 0.636. The van der Waals surface area contributed by atoms with Gasteiger partial charge in [-0.1, -0.05) is 20.8 Å². The van der Waals surface area contributed by atoms with Gasteiger partial charge in [0.25, 0.3) is 0 Å². The molecular formula is C11H19N3O2. The first-order chi connectivity index (χ1) is 7.37. The van der Waals surface area contributed by atoms with Crippen molar-refractivity contribution in [3.8, 4) is 0 Å². The van der Waals surface area contributed by atoms with Crippen LogP contribution in [0.1, 0.15) is 32.4 Å². The van der Waals surface area contributed by atoms with Crippen molar-refractivity contribution in [1.29, 1.82) is 0 Å². The first kappa shape index (κ1) is 12.5. The summed E-state index contributed by atoms with van der Waals surface area (Å²) >= 11 is 0. The van der Waals surface area contributed by atoms with Crippen LogP contribution in [0.5, 0.6) is 0 Å². The van der Waals surface area contributed by atoms with Crippen LogP contribution in [0.25, 0.3) is 0 Å². The Morgan fingerprint density at radius 2 is 2.12 bits per heavy atom. The van der Waals surface area contributed by atoms with Gasteiger partial charge >= 0.3 is 6.03 Å². The van der Waals surface area contributed by atoms with Crippen molar-refractivity contribution in [2.24, 2.45) is 5.41 Å². The Bertz CT molecular complexity index is 352. The molecule has 0 bridgehead atoms. The Labute approximate surface area is 95.6 Å². The zero-order valence-corrected chi connectivity index (χ0v) is 10.3. The fourth-order valence-corrected chi connectivity index (χ4v) is 1.05. The minimum absolute atomic E-state index is 0.0802. The van der Waals surface area contributed by atoms with Gasteiger partial charge in [-0.25, -0.2) is 9.78 Å². The number of carbonyl (C=O) groups is 1. The Morgan fingerprint density at radius 1 is 1.44 bits per heavy atom. The molecule has 0 spiro atoms. The summed E-state index contributed by atoms with van der Waals surface area (Å²) in [5.41, 5.74) is 0.0802. The zero-order chi connectivity index (χ0) is 12.2. The van der Waals surface area contributed by atoms with Gasteiger partial charge in [-0.2, -0.15) is 0 Å². The summed E-state index contributed by atoms with van der Waals surface area (Å²) in [6, 6.07) is -0.203. The number of urea groups is 1. The lowest BCUT2D eigenvalue weighted by molar-refractivity contribution is 0.234. The highest BCUT2D eigenvalue weighted by atomic mass is 16.4. The largest absolute Gasteiger partial charge is 0.444 e. The van der Waals surface area contributed by atoms with Gasteiger partial charge in [-0.05, 0) is 12.3 Å². The SMILES string of the molecule is Cc1cnc(CNC(=O)NCC(C)(C)C)o1. The maximum Gasteiger partial charge on any atom is 0.315 e. The zero-order valence-electron chi connectivity index (χ0n) is 10.3. The van der Waals surface area contributed by atoms with E-state index in [4.69, 9.17) is 4.42 Å². The topological polar surface area (TPSA) is 67.2 Å². The quantitative estimate of drug-likeness (QED) is 0.824. The van der Waals surface area contributed by atoms with Crippen molar-refractivity contribution in [2.45, 2.75) is 34.2 Å². The highest BCUT2D eigenvalue weighted by Crippen LogP contribution is 2.09. The molecular weight excluding hydrogens is 206 g/mol. The van der Waals surface area contributed by atoms with Crippen molar-refractivity contribution in [3.05, 3.63) is 17.8 Å². The molecule has 0 saturated carbocycles. The standard InChI is InChI=1S/C11H19N3O2/c1-8-5-12-9(16-8)6-13-10(15)14-7-11(2,3)4/h5H,6-7H2,1-4H3,(H2,13,14,15). The number of hydrogen-bond acceptors (Lipinski definition) is 3. The van der Waals surface area contributed by atoms with Gasteiger partial charge in [0.05, 0.1) is 12.7 Å². The second kappa shape index (κ2) is 5.01. The third-order valence-corrected chi connectivity index (χ3v) is 1.85. The van der Waals surface area contributed by atoms with Crippen LogP contribution in [0.4, 0.5) is 4.79 Å². The van der Waals surface area contributed by atoms with E-state index < -0.39 is 0 Å². The van der Waals surface area contributed by atoms with E-state index in [2.05, 4.69) is 36.4 Å². The molecule has 1 aromatic rings. The third kappa shape index (κ3) is 4.82. The minimum atomic E-state index is -0.203. The van der Waals surface area contributed by atoms with E-state index in [-0.39, 0.29) is 11.4 Å². The molecule has 1 aromatic heterocycles. The van der Waals surface area contributed by atoms with E-state index >= 15 is 0 Å². The Kier molecular flexibility index (Phi) is 3.93. The van der Waals surface area contributed by atoms with E-state index in [0.717, 1.165) is 5.76 Å². The molecule has 2 N–H and O–H groups in total. The van der Waals surface area contributed by atoms with Crippen molar-refractivity contribution >= 4 is 6.03 Å². The molecule has 1 rings (SSSR count). The molecule has 0 aliphatic rings. The van der Waals surface area contributed by atoms with Crippen LogP contribution in [0.15, 0.2) is 10.6 Å². The predicted molar refractivity (Wildman–Crippen MR) is 60.9 cm³/mol. The lowest BCUT2D eigenvalue weighted by Gasteiger charge is -2.18. The molecule has 0 fully saturated rings. The first-order valence-corrected chi connectivity index (χ1v) is 5.30. The van der Waals surface area contributed by atoms with E-state index in [1.54, 1.807) is 6.20 Å². The smallest absolute Gasteiger partial charge is 0.315 e. The molecule has 2 amide bonds. The van der Waals surface area contributed by atoms with Gasteiger partial charge in [-0.15, -0.1) is 0 Å². The summed E-state index contributed by atoms with van der Waals surface area (Å²) in [4.78, 5) is 15.4.